The molecule has 1 aliphatic carbocycles. The quantitative estimate of drug-likeness (QED) is 0.905. The van der Waals surface area contributed by atoms with Gasteiger partial charge >= 0.3 is 0 Å². The van der Waals surface area contributed by atoms with Gasteiger partial charge in [-0.15, -0.1) is 0 Å². The molecule has 19 heavy (non-hydrogen) atoms. The monoisotopic (exact) mass is 261 g/mol. The molecule has 0 radical (unpaired) electrons. The molecule has 1 aliphatic rings. The maximum Gasteiger partial charge on any atom is 0.260 e. The first kappa shape index (κ1) is 13.9. The Morgan fingerprint density at radius 3 is 2.68 bits per heavy atom. The van der Waals surface area contributed by atoms with Crippen LogP contribution in [0.25, 0.3) is 0 Å². The van der Waals surface area contributed by atoms with E-state index in [1.807, 2.05) is 26.0 Å². The summed E-state index contributed by atoms with van der Waals surface area (Å²) in [5.41, 5.74) is 2.66. The minimum absolute atomic E-state index is 0.0524. The average molecular weight is 261 g/mol. The van der Waals surface area contributed by atoms with Crippen molar-refractivity contribution in [2.75, 3.05) is 0 Å². The number of benzene rings is 1. The zero-order chi connectivity index (χ0) is 13.8. The van der Waals surface area contributed by atoms with Crippen molar-refractivity contribution in [2.45, 2.75) is 58.6 Å². The van der Waals surface area contributed by atoms with Crippen LogP contribution in [0.15, 0.2) is 18.2 Å². The van der Waals surface area contributed by atoms with Gasteiger partial charge < -0.3 is 10.1 Å². The van der Waals surface area contributed by atoms with Gasteiger partial charge in [0.1, 0.15) is 5.75 Å². The highest BCUT2D eigenvalue weighted by atomic mass is 16.5. The summed E-state index contributed by atoms with van der Waals surface area (Å²) in [6.07, 6.45) is 4.19. The van der Waals surface area contributed by atoms with E-state index in [-0.39, 0.29) is 11.9 Å². The number of amides is 1. The SMILES string of the molecule is CC(C)NC(=O)[C@@H](C)Oc1cccc2c1CCCC2. The lowest BCUT2D eigenvalue weighted by Crippen LogP contribution is -2.40. The van der Waals surface area contributed by atoms with Crippen molar-refractivity contribution >= 4 is 5.91 Å². The maximum absolute atomic E-state index is 11.9. The van der Waals surface area contributed by atoms with E-state index in [1.165, 1.54) is 24.0 Å². The molecule has 1 aromatic rings. The minimum atomic E-state index is -0.448. The van der Waals surface area contributed by atoms with E-state index >= 15 is 0 Å². The van der Waals surface area contributed by atoms with Crippen LogP contribution in [-0.4, -0.2) is 18.1 Å². The normalized spacial score (nSPS) is 15.8. The van der Waals surface area contributed by atoms with Crippen molar-refractivity contribution in [3.8, 4) is 5.75 Å². The van der Waals surface area contributed by atoms with E-state index in [1.54, 1.807) is 6.92 Å². The molecule has 0 fully saturated rings. The third kappa shape index (κ3) is 3.49. The zero-order valence-corrected chi connectivity index (χ0v) is 12.0. The summed E-state index contributed by atoms with van der Waals surface area (Å²) in [7, 11) is 0. The van der Waals surface area contributed by atoms with Crippen molar-refractivity contribution in [1.29, 1.82) is 0 Å². The Bertz CT molecular complexity index is 454. The molecule has 0 saturated carbocycles. The molecular formula is C16H23NO2. The van der Waals surface area contributed by atoms with Crippen LogP contribution in [0.5, 0.6) is 5.75 Å². The Labute approximate surface area is 115 Å². The maximum atomic E-state index is 11.9. The second kappa shape index (κ2) is 6.09. The lowest BCUT2D eigenvalue weighted by molar-refractivity contribution is -0.127. The number of carbonyl (C=O) groups is 1. The number of aryl methyl sites for hydroxylation is 1. The van der Waals surface area contributed by atoms with Gasteiger partial charge in [-0.3, -0.25) is 4.79 Å². The molecule has 0 aromatic heterocycles. The molecule has 1 aromatic carbocycles. The van der Waals surface area contributed by atoms with Gasteiger partial charge in [-0.25, -0.2) is 0 Å². The number of ether oxygens (including phenoxy) is 1. The average Bonchev–Trinajstić information content (AvgIpc) is 2.38. The van der Waals surface area contributed by atoms with E-state index in [2.05, 4.69) is 11.4 Å². The predicted molar refractivity (Wildman–Crippen MR) is 76.5 cm³/mol. The van der Waals surface area contributed by atoms with Gasteiger partial charge in [0.05, 0.1) is 0 Å². The minimum Gasteiger partial charge on any atom is -0.481 e. The highest BCUT2D eigenvalue weighted by Crippen LogP contribution is 2.30. The lowest BCUT2D eigenvalue weighted by Gasteiger charge is -2.22. The summed E-state index contributed by atoms with van der Waals surface area (Å²) in [4.78, 5) is 11.9. The molecule has 3 heteroatoms. The Morgan fingerprint density at radius 2 is 1.95 bits per heavy atom. The predicted octanol–water partition coefficient (Wildman–Crippen LogP) is 2.86. The molecular weight excluding hydrogens is 238 g/mol. The molecule has 0 saturated heterocycles. The second-order valence-corrected chi connectivity index (χ2v) is 5.52. The van der Waals surface area contributed by atoms with Crippen LogP contribution in [0.4, 0.5) is 0 Å². The zero-order valence-electron chi connectivity index (χ0n) is 12.0. The smallest absolute Gasteiger partial charge is 0.260 e. The number of nitrogens with one attached hydrogen (secondary N) is 1. The van der Waals surface area contributed by atoms with E-state index in [0.29, 0.717) is 0 Å². The van der Waals surface area contributed by atoms with Gasteiger partial charge in [0.2, 0.25) is 0 Å². The summed E-state index contributed by atoms with van der Waals surface area (Å²) in [6, 6.07) is 6.30. The topological polar surface area (TPSA) is 38.3 Å². The van der Waals surface area contributed by atoms with Crippen molar-refractivity contribution in [2.24, 2.45) is 0 Å². The summed E-state index contributed by atoms with van der Waals surface area (Å²) in [6.45, 7) is 5.71. The van der Waals surface area contributed by atoms with E-state index in [4.69, 9.17) is 4.74 Å². The Kier molecular flexibility index (Phi) is 4.46. The van der Waals surface area contributed by atoms with E-state index in [9.17, 15) is 4.79 Å². The number of hydrogen-bond acceptors (Lipinski definition) is 2. The first-order chi connectivity index (χ1) is 9.08. The second-order valence-electron chi connectivity index (χ2n) is 5.52. The number of carbonyl (C=O) groups excluding carboxylic acids is 1. The molecule has 3 nitrogen and oxygen atoms in total. The van der Waals surface area contributed by atoms with E-state index in [0.717, 1.165) is 18.6 Å². The van der Waals surface area contributed by atoms with Crippen LogP contribution >= 0.6 is 0 Å². The summed E-state index contributed by atoms with van der Waals surface area (Å²) >= 11 is 0. The van der Waals surface area contributed by atoms with Gasteiger partial charge in [0.15, 0.2) is 6.10 Å². The van der Waals surface area contributed by atoms with Crippen molar-refractivity contribution < 1.29 is 9.53 Å². The molecule has 0 spiro atoms. The molecule has 1 N–H and O–H groups in total. The van der Waals surface area contributed by atoms with Gasteiger partial charge in [0, 0.05) is 6.04 Å². The van der Waals surface area contributed by atoms with Gasteiger partial charge in [-0.2, -0.15) is 0 Å². The highest BCUT2D eigenvalue weighted by molar-refractivity contribution is 5.81. The first-order valence-corrected chi connectivity index (χ1v) is 7.15. The molecule has 1 atom stereocenters. The highest BCUT2D eigenvalue weighted by Gasteiger charge is 2.19. The third-order valence-corrected chi connectivity index (χ3v) is 3.46. The fourth-order valence-electron chi connectivity index (χ4n) is 2.50. The summed E-state index contributed by atoms with van der Waals surface area (Å²) in [5.74, 6) is 0.826. The molecule has 2 rings (SSSR count). The molecule has 0 heterocycles. The largest absolute Gasteiger partial charge is 0.481 e. The Balaban J connectivity index is 2.08. The van der Waals surface area contributed by atoms with Crippen LogP contribution in [-0.2, 0) is 17.6 Å². The molecule has 0 unspecified atom stereocenters. The first-order valence-electron chi connectivity index (χ1n) is 7.15. The van der Waals surface area contributed by atoms with Crippen molar-refractivity contribution in [3.63, 3.8) is 0 Å². The van der Waals surface area contributed by atoms with Crippen LogP contribution < -0.4 is 10.1 Å². The van der Waals surface area contributed by atoms with Crippen LogP contribution in [0.3, 0.4) is 0 Å². The molecule has 0 aliphatic heterocycles. The fourth-order valence-corrected chi connectivity index (χ4v) is 2.50. The van der Waals surface area contributed by atoms with Crippen LogP contribution in [0.2, 0.25) is 0 Å². The number of hydrogen-bond donors (Lipinski definition) is 1. The van der Waals surface area contributed by atoms with Crippen molar-refractivity contribution in [3.05, 3.63) is 29.3 Å². The fraction of sp³-hybridized carbons (Fsp3) is 0.562. The van der Waals surface area contributed by atoms with Crippen molar-refractivity contribution in [1.82, 2.24) is 5.32 Å². The van der Waals surface area contributed by atoms with Crippen LogP contribution in [0, 0.1) is 0 Å². The summed E-state index contributed by atoms with van der Waals surface area (Å²) in [5, 5.41) is 2.88. The Morgan fingerprint density at radius 1 is 1.21 bits per heavy atom. The molecule has 0 bridgehead atoms. The number of fused-ring (bicyclic) bond motifs is 1. The third-order valence-electron chi connectivity index (χ3n) is 3.46. The molecule has 1 amide bonds. The Hall–Kier alpha value is -1.51. The summed E-state index contributed by atoms with van der Waals surface area (Å²) < 4.78 is 5.86. The van der Waals surface area contributed by atoms with Gasteiger partial charge in [-0.05, 0) is 63.6 Å². The lowest BCUT2D eigenvalue weighted by atomic mass is 9.91. The standard InChI is InChI=1S/C16H23NO2/c1-11(2)17-16(18)12(3)19-15-10-6-8-13-7-4-5-9-14(13)15/h6,8,10-12H,4-5,7,9H2,1-3H3,(H,17,18)/t12-/m1/s1. The van der Waals surface area contributed by atoms with Gasteiger partial charge in [-0.1, -0.05) is 12.1 Å². The van der Waals surface area contributed by atoms with Gasteiger partial charge in [0.25, 0.3) is 5.91 Å². The number of rotatable bonds is 4. The van der Waals surface area contributed by atoms with E-state index < -0.39 is 6.10 Å². The molecule has 104 valence electrons. The van der Waals surface area contributed by atoms with Crippen LogP contribution in [0.1, 0.15) is 44.7 Å².